The summed E-state index contributed by atoms with van der Waals surface area (Å²) in [7, 11) is -5.23. The number of alkyl halides is 12. The first-order valence-electron chi connectivity index (χ1n) is 7.16. The number of hydrogen-bond acceptors (Lipinski definition) is 3. The smallest absolute Gasteiger partial charge is 0.272 e. The first-order valence-corrected chi connectivity index (χ1v) is 8.77. The molecule has 0 heterocycles. The lowest BCUT2D eigenvalue weighted by Gasteiger charge is -2.27. The first-order chi connectivity index (χ1) is 12.5. The van der Waals surface area contributed by atoms with E-state index in [1.807, 2.05) is 0 Å². The van der Waals surface area contributed by atoms with Crippen molar-refractivity contribution in [3.8, 4) is 0 Å². The van der Waals surface area contributed by atoms with E-state index in [1.165, 1.54) is 0 Å². The van der Waals surface area contributed by atoms with Gasteiger partial charge < -0.3 is 6.15 Å². The van der Waals surface area contributed by atoms with Gasteiger partial charge in [0.15, 0.2) is 61.7 Å². The van der Waals surface area contributed by atoms with Crippen molar-refractivity contribution in [2.75, 3.05) is 5.75 Å². The van der Waals surface area contributed by atoms with Gasteiger partial charge in [-0.3, -0.25) is 4.55 Å². The van der Waals surface area contributed by atoms with E-state index in [4.69, 9.17) is 4.55 Å². The van der Waals surface area contributed by atoms with E-state index in [-0.39, 0.29) is 6.15 Å². The monoisotopic (exact) mass is 483 g/mol. The number of hydrogen-bond donors (Lipinski definition) is 2. The maximum atomic E-state index is 13.4. The van der Waals surface area contributed by atoms with E-state index in [2.05, 4.69) is 0 Å². The largest absolute Gasteiger partial charge is 0.344 e. The zero-order valence-electron chi connectivity index (χ0n) is 14.0. The minimum absolute atomic E-state index is 0. The minimum atomic E-state index is -5.23. The van der Waals surface area contributed by atoms with E-state index in [0.29, 0.717) is 0 Å². The molecule has 10 atom stereocenters. The number of rotatable bonds is 12. The SMILES string of the molecule is N.O=S(=O)(O)CC(F)C(F)C(F)C(F)C(F)C(F)C(F)C(F)C(F)C(F)C(F)F. The Morgan fingerprint density at radius 3 is 1.00 bits per heavy atom. The fraction of sp³-hybridized carbons (Fsp3) is 1.00. The molecule has 0 aromatic carbocycles. The quantitative estimate of drug-likeness (QED) is 0.328. The second kappa shape index (κ2) is 12.0. The van der Waals surface area contributed by atoms with Gasteiger partial charge in [-0.05, 0) is 0 Å². The molecule has 0 radical (unpaired) electrons. The van der Waals surface area contributed by atoms with Crippen LogP contribution in [0.15, 0.2) is 0 Å². The van der Waals surface area contributed by atoms with Gasteiger partial charge in [0.1, 0.15) is 5.75 Å². The molecular formula is C12H17F12NO3S. The van der Waals surface area contributed by atoms with E-state index in [1.54, 1.807) is 0 Å². The highest BCUT2D eigenvalue weighted by atomic mass is 32.2. The van der Waals surface area contributed by atoms with Crippen LogP contribution in [-0.4, -0.2) is 86.9 Å². The molecule has 0 aromatic rings. The number of halogens is 12. The highest BCUT2D eigenvalue weighted by Crippen LogP contribution is 2.30. The highest BCUT2D eigenvalue weighted by molar-refractivity contribution is 7.85. The standard InChI is InChI=1S/C12H14F12O3S.H3N/c13-2(1-28(25,26)27)3(14)4(15)5(16)6(17)7(18)8(19)9(20)10(21)11(22)12(23)24;/h2-12H,1H2,(H,25,26,27);1H3. The second-order valence-electron chi connectivity index (χ2n) is 5.60. The molecule has 4 N–H and O–H groups in total. The van der Waals surface area contributed by atoms with Crippen molar-refractivity contribution in [1.29, 1.82) is 0 Å². The summed E-state index contributed by atoms with van der Waals surface area (Å²) in [6.07, 6.45) is -44.1. The molecule has 178 valence electrons. The molecule has 0 bridgehead atoms. The average molecular weight is 483 g/mol. The maximum Gasteiger partial charge on any atom is 0.272 e. The molecule has 0 fully saturated rings. The van der Waals surface area contributed by atoms with Crippen LogP contribution in [0.5, 0.6) is 0 Å². The van der Waals surface area contributed by atoms with E-state index >= 15 is 0 Å². The molecule has 0 saturated carbocycles. The van der Waals surface area contributed by atoms with Crippen molar-refractivity contribution < 1.29 is 65.7 Å². The fourth-order valence-electron chi connectivity index (χ4n) is 1.86. The third-order valence-corrected chi connectivity index (χ3v) is 4.13. The predicted octanol–water partition coefficient (Wildman–Crippen LogP) is 3.68. The van der Waals surface area contributed by atoms with Crippen molar-refractivity contribution >= 4 is 10.1 Å². The fourth-order valence-corrected chi connectivity index (χ4v) is 2.45. The second-order valence-corrected chi connectivity index (χ2v) is 7.10. The molecule has 17 heteroatoms. The molecule has 0 aliphatic rings. The molecule has 10 unspecified atom stereocenters. The van der Waals surface area contributed by atoms with Crippen LogP contribution < -0.4 is 6.15 Å². The van der Waals surface area contributed by atoms with Crippen LogP contribution in [0.4, 0.5) is 52.7 Å². The van der Waals surface area contributed by atoms with E-state index in [9.17, 15) is 61.1 Å². The molecule has 0 spiro atoms. The highest BCUT2D eigenvalue weighted by Gasteiger charge is 2.50. The summed E-state index contributed by atoms with van der Waals surface area (Å²) in [5, 5.41) is 0. The molecule has 4 nitrogen and oxygen atoms in total. The van der Waals surface area contributed by atoms with Gasteiger partial charge in [-0.2, -0.15) is 8.42 Å². The van der Waals surface area contributed by atoms with Crippen LogP contribution in [0, 0.1) is 0 Å². The Morgan fingerprint density at radius 2 is 0.759 bits per heavy atom. The Bertz CT molecular complexity index is 572. The summed E-state index contributed by atoms with van der Waals surface area (Å²) in [5.41, 5.74) is 0. The third-order valence-electron chi connectivity index (χ3n) is 3.39. The van der Waals surface area contributed by atoms with E-state index in [0.717, 1.165) is 0 Å². The maximum absolute atomic E-state index is 13.4. The van der Waals surface area contributed by atoms with Crippen molar-refractivity contribution in [3.63, 3.8) is 0 Å². The summed E-state index contributed by atoms with van der Waals surface area (Å²) in [6, 6.07) is 0. The molecular weight excluding hydrogens is 466 g/mol. The molecule has 0 rings (SSSR count). The van der Waals surface area contributed by atoms with Gasteiger partial charge in [0.2, 0.25) is 0 Å². The van der Waals surface area contributed by atoms with E-state index < -0.39 is 84.0 Å². The van der Waals surface area contributed by atoms with Crippen molar-refractivity contribution in [2.24, 2.45) is 0 Å². The summed E-state index contributed by atoms with van der Waals surface area (Å²) >= 11 is 0. The molecule has 0 aromatic heterocycles. The summed E-state index contributed by atoms with van der Waals surface area (Å²) in [6.45, 7) is 0. The van der Waals surface area contributed by atoms with Crippen LogP contribution in [0.2, 0.25) is 0 Å². The van der Waals surface area contributed by atoms with Gasteiger partial charge in [-0.25, -0.2) is 52.7 Å². The molecule has 0 saturated heterocycles. The first kappa shape index (κ1) is 30.2. The molecule has 0 amide bonds. The lowest BCUT2D eigenvalue weighted by Crippen LogP contribution is -2.50. The Kier molecular flexibility index (Phi) is 12.5. The predicted molar refractivity (Wildman–Crippen MR) is 76.4 cm³/mol. The van der Waals surface area contributed by atoms with Crippen LogP contribution in [-0.2, 0) is 10.1 Å². The van der Waals surface area contributed by atoms with Gasteiger partial charge >= 0.3 is 0 Å². The van der Waals surface area contributed by atoms with Crippen LogP contribution in [0.25, 0.3) is 0 Å². The Balaban J connectivity index is 0. The summed E-state index contributed by atoms with van der Waals surface area (Å²) in [5.74, 6) is -2.11. The lowest BCUT2D eigenvalue weighted by atomic mass is 9.96. The van der Waals surface area contributed by atoms with Crippen molar-refractivity contribution in [3.05, 3.63) is 0 Å². The van der Waals surface area contributed by atoms with Gasteiger partial charge in [0, 0.05) is 0 Å². The van der Waals surface area contributed by atoms with Crippen LogP contribution >= 0.6 is 0 Å². The Labute approximate surface area is 157 Å². The summed E-state index contributed by atoms with van der Waals surface area (Å²) < 4.78 is 184. The van der Waals surface area contributed by atoms with Gasteiger partial charge in [-0.15, -0.1) is 0 Å². The molecule has 0 aliphatic carbocycles. The van der Waals surface area contributed by atoms with Crippen molar-refractivity contribution in [2.45, 2.75) is 68.1 Å². The lowest BCUT2D eigenvalue weighted by molar-refractivity contribution is -0.0758. The zero-order chi connectivity index (χ0) is 22.6. The van der Waals surface area contributed by atoms with Gasteiger partial charge in [0.05, 0.1) is 0 Å². The van der Waals surface area contributed by atoms with Crippen LogP contribution in [0.3, 0.4) is 0 Å². The average Bonchev–Trinajstić information content (AvgIpc) is 2.60. The minimum Gasteiger partial charge on any atom is -0.344 e. The molecule has 0 aliphatic heterocycles. The summed E-state index contributed by atoms with van der Waals surface area (Å²) in [4.78, 5) is 0. The molecule has 29 heavy (non-hydrogen) atoms. The third kappa shape index (κ3) is 8.74. The Hall–Kier alpha value is -0.970. The van der Waals surface area contributed by atoms with Gasteiger partial charge in [-0.1, -0.05) is 0 Å². The normalized spacial score (nSPS) is 23.1. The van der Waals surface area contributed by atoms with Gasteiger partial charge in [0.25, 0.3) is 16.5 Å². The zero-order valence-corrected chi connectivity index (χ0v) is 14.8. The van der Waals surface area contributed by atoms with Crippen molar-refractivity contribution in [1.82, 2.24) is 6.15 Å². The Morgan fingerprint density at radius 1 is 0.517 bits per heavy atom. The topological polar surface area (TPSA) is 89.4 Å². The van der Waals surface area contributed by atoms with Crippen LogP contribution in [0.1, 0.15) is 0 Å².